The van der Waals surface area contributed by atoms with Crippen LogP contribution in [0.2, 0.25) is 0 Å². The predicted octanol–water partition coefficient (Wildman–Crippen LogP) is 2.55. The minimum atomic E-state index is -0.567. The van der Waals surface area contributed by atoms with Gasteiger partial charge in [0, 0.05) is 13.2 Å². The van der Waals surface area contributed by atoms with Gasteiger partial charge in [-0.05, 0) is 33.8 Å². The Balaban J connectivity index is 2.74. The van der Waals surface area contributed by atoms with Crippen LogP contribution in [0, 0.1) is 0 Å². The Morgan fingerprint density at radius 1 is 1.37 bits per heavy atom. The summed E-state index contributed by atoms with van der Waals surface area (Å²) in [5.41, 5.74) is 0.288. The van der Waals surface area contributed by atoms with E-state index in [1.807, 2.05) is 0 Å². The van der Waals surface area contributed by atoms with Crippen molar-refractivity contribution in [1.29, 1.82) is 0 Å². The molecule has 6 nitrogen and oxygen atoms in total. The quantitative estimate of drug-likeness (QED) is 0.855. The lowest BCUT2D eigenvalue weighted by molar-refractivity contribution is 0.0514. The van der Waals surface area contributed by atoms with Crippen molar-refractivity contribution < 1.29 is 19.1 Å². The molecule has 0 aliphatic heterocycles. The summed E-state index contributed by atoms with van der Waals surface area (Å²) in [7, 11) is 1.70. The van der Waals surface area contributed by atoms with Crippen LogP contribution in [-0.2, 0) is 16.5 Å². The Labute approximate surface area is 112 Å². The maximum atomic E-state index is 11.6. The lowest BCUT2D eigenvalue weighted by atomic mass is 10.2. The molecule has 1 amide bonds. The number of amides is 1. The van der Waals surface area contributed by atoms with E-state index in [2.05, 4.69) is 5.32 Å². The van der Waals surface area contributed by atoms with Gasteiger partial charge in [0.05, 0.1) is 12.3 Å². The molecule has 0 saturated heterocycles. The summed E-state index contributed by atoms with van der Waals surface area (Å²) in [4.78, 5) is 23.2. The van der Waals surface area contributed by atoms with E-state index in [4.69, 9.17) is 9.47 Å². The number of nitrogens with zero attached hydrogens (tertiary/aromatic N) is 1. The van der Waals surface area contributed by atoms with Crippen LogP contribution in [0.4, 0.5) is 10.5 Å². The molecule has 0 unspecified atom stereocenters. The fraction of sp³-hybridized carbons (Fsp3) is 0.538. The van der Waals surface area contributed by atoms with Crippen molar-refractivity contribution in [2.24, 2.45) is 7.05 Å². The first-order valence-electron chi connectivity index (χ1n) is 6.06. The summed E-state index contributed by atoms with van der Waals surface area (Å²) in [6.07, 6.45) is 1.06. The van der Waals surface area contributed by atoms with E-state index in [-0.39, 0.29) is 0 Å². The van der Waals surface area contributed by atoms with E-state index in [9.17, 15) is 9.59 Å². The first-order chi connectivity index (χ1) is 8.73. The standard InChI is InChI=1S/C13H20N2O4/c1-6-18-11(16)10-7-9(8-15(10)5)14-12(17)19-13(2,3)4/h7-8H,6H2,1-5H3,(H,14,17). The van der Waals surface area contributed by atoms with Crippen LogP contribution in [0.5, 0.6) is 0 Å². The maximum Gasteiger partial charge on any atom is 0.412 e. The van der Waals surface area contributed by atoms with Crippen molar-refractivity contribution in [3.8, 4) is 0 Å². The topological polar surface area (TPSA) is 69.6 Å². The van der Waals surface area contributed by atoms with Crippen molar-refractivity contribution in [1.82, 2.24) is 4.57 Å². The number of nitrogens with one attached hydrogen (secondary N) is 1. The molecule has 0 aliphatic carbocycles. The average Bonchev–Trinajstić information content (AvgIpc) is 2.56. The van der Waals surface area contributed by atoms with Crippen LogP contribution in [0.3, 0.4) is 0 Å². The van der Waals surface area contributed by atoms with Gasteiger partial charge in [0.1, 0.15) is 11.3 Å². The zero-order valence-corrected chi connectivity index (χ0v) is 11.9. The van der Waals surface area contributed by atoms with Crippen molar-refractivity contribution in [2.45, 2.75) is 33.3 Å². The van der Waals surface area contributed by atoms with Gasteiger partial charge in [-0.25, -0.2) is 9.59 Å². The largest absolute Gasteiger partial charge is 0.461 e. The molecule has 0 aliphatic rings. The Morgan fingerprint density at radius 2 is 2.00 bits per heavy atom. The van der Waals surface area contributed by atoms with E-state index >= 15 is 0 Å². The molecule has 1 aromatic rings. The summed E-state index contributed by atoms with van der Waals surface area (Å²) in [6, 6.07) is 1.54. The molecule has 0 spiro atoms. The van der Waals surface area contributed by atoms with Gasteiger partial charge in [-0.2, -0.15) is 0 Å². The summed E-state index contributed by atoms with van der Waals surface area (Å²) in [6.45, 7) is 7.38. The molecule has 0 radical (unpaired) electrons. The van der Waals surface area contributed by atoms with Crippen LogP contribution < -0.4 is 5.32 Å². The number of hydrogen-bond acceptors (Lipinski definition) is 4. The third-order valence-corrected chi connectivity index (χ3v) is 2.13. The maximum absolute atomic E-state index is 11.6. The molecule has 1 rings (SSSR count). The number of hydrogen-bond donors (Lipinski definition) is 1. The lowest BCUT2D eigenvalue weighted by Gasteiger charge is -2.19. The highest BCUT2D eigenvalue weighted by Gasteiger charge is 2.18. The van der Waals surface area contributed by atoms with Gasteiger partial charge in [0.15, 0.2) is 0 Å². The second kappa shape index (κ2) is 5.77. The van der Waals surface area contributed by atoms with Gasteiger partial charge in [-0.1, -0.05) is 0 Å². The lowest BCUT2D eigenvalue weighted by Crippen LogP contribution is -2.27. The molecule has 0 atom stereocenters. The van der Waals surface area contributed by atoms with Crippen molar-refractivity contribution >= 4 is 17.7 Å². The molecule has 1 heterocycles. The summed E-state index contributed by atoms with van der Waals surface area (Å²) in [5, 5.41) is 2.57. The van der Waals surface area contributed by atoms with Crippen LogP contribution in [-0.4, -0.2) is 28.8 Å². The first kappa shape index (κ1) is 15.1. The molecular weight excluding hydrogens is 248 g/mol. The average molecular weight is 268 g/mol. The minimum absolute atomic E-state index is 0.304. The molecule has 6 heteroatoms. The highest BCUT2D eigenvalue weighted by molar-refractivity contribution is 5.91. The monoisotopic (exact) mass is 268 g/mol. The molecule has 0 saturated carbocycles. The highest BCUT2D eigenvalue weighted by Crippen LogP contribution is 2.15. The molecule has 1 N–H and O–H groups in total. The smallest absolute Gasteiger partial charge is 0.412 e. The minimum Gasteiger partial charge on any atom is -0.461 e. The SMILES string of the molecule is CCOC(=O)c1cc(NC(=O)OC(C)(C)C)cn1C. The number of aryl methyl sites for hydroxylation is 1. The molecule has 106 valence electrons. The number of carbonyl (C=O) groups is 2. The number of rotatable bonds is 3. The normalized spacial score (nSPS) is 11.0. The van der Waals surface area contributed by atoms with Gasteiger partial charge in [0.25, 0.3) is 0 Å². The van der Waals surface area contributed by atoms with Crippen LogP contribution >= 0.6 is 0 Å². The zero-order chi connectivity index (χ0) is 14.6. The second-order valence-corrected chi connectivity index (χ2v) is 5.07. The Kier molecular flexibility index (Phi) is 4.58. The molecule has 0 aromatic carbocycles. The number of aromatic nitrogens is 1. The second-order valence-electron chi connectivity index (χ2n) is 5.07. The molecular formula is C13H20N2O4. The zero-order valence-electron chi connectivity index (χ0n) is 11.9. The van der Waals surface area contributed by atoms with E-state index in [1.54, 1.807) is 51.6 Å². The fourth-order valence-electron chi connectivity index (χ4n) is 1.46. The van der Waals surface area contributed by atoms with E-state index < -0.39 is 17.7 Å². The van der Waals surface area contributed by atoms with Crippen LogP contribution in [0.15, 0.2) is 12.3 Å². The highest BCUT2D eigenvalue weighted by atomic mass is 16.6. The van der Waals surface area contributed by atoms with Crippen molar-refractivity contribution in [2.75, 3.05) is 11.9 Å². The van der Waals surface area contributed by atoms with Gasteiger partial charge in [-0.15, -0.1) is 0 Å². The summed E-state index contributed by atoms with van der Waals surface area (Å²) >= 11 is 0. The third kappa shape index (κ3) is 4.65. The molecule has 0 fully saturated rings. The van der Waals surface area contributed by atoms with E-state index in [0.717, 1.165) is 0 Å². The van der Waals surface area contributed by atoms with Crippen LogP contribution in [0.25, 0.3) is 0 Å². The molecule has 1 aromatic heterocycles. The van der Waals surface area contributed by atoms with Crippen molar-refractivity contribution in [3.63, 3.8) is 0 Å². The predicted molar refractivity (Wildman–Crippen MR) is 71.2 cm³/mol. The third-order valence-electron chi connectivity index (χ3n) is 2.13. The van der Waals surface area contributed by atoms with Gasteiger partial charge in [-0.3, -0.25) is 5.32 Å². The van der Waals surface area contributed by atoms with Crippen LogP contribution in [0.1, 0.15) is 38.2 Å². The Morgan fingerprint density at radius 3 is 2.53 bits per heavy atom. The van der Waals surface area contributed by atoms with E-state index in [1.165, 1.54) is 0 Å². The molecule has 0 bridgehead atoms. The number of ether oxygens (including phenoxy) is 2. The number of carbonyl (C=O) groups excluding carboxylic acids is 2. The summed E-state index contributed by atoms with van der Waals surface area (Å²) < 4.78 is 11.6. The molecule has 19 heavy (non-hydrogen) atoms. The number of esters is 1. The van der Waals surface area contributed by atoms with E-state index in [0.29, 0.717) is 18.0 Å². The number of anilines is 1. The van der Waals surface area contributed by atoms with Crippen molar-refractivity contribution in [3.05, 3.63) is 18.0 Å². The summed E-state index contributed by atoms with van der Waals surface area (Å²) in [5.74, 6) is -0.428. The Hall–Kier alpha value is -1.98. The van der Waals surface area contributed by atoms with Gasteiger partial charge >= 0.3 is 12.1 Å². The Bertz CT molecular complexity index is 471. The van der Waals surface area contributed by atoms with Gasteiger partial charge < -0.3 is 14.0 Å². The van der Waals surface area contributed by atoms with Gasteiger partial charge in [0.2, 0.25) is 0 Å². The first-order valence-corrected chi connectivity index (χ1v) is 6.06. The fourth-order valence-corrected chi connectivity index (χ4v) is 1.46.